The van der Waals surface area contributed by atoms with Gasteiger partial charge in [0.2, 0.25) is 0 Å². The lowest BCUT2D eigenvalue weighted by atomic mass is 9.94. The van der Waals surface area contributed by atoms with Crippen molar-refractivity contribution in [1.29, 1.82) is 0 Å². The molecule has 0 radical (unpaired) electrons. The van der Waals surface area contributed by atoms with Crippen LogP contribution in [0.4, 0.5) is 0 Å². The SMILES string of the molecule is CN(C(=O)c1ccccc1Oc1ccccc1)C1CCCCC1.COc1cc(OC)cc(Oc2ccccc2C(=O)N(C)C2CCCCC2)c1. The highest BCUT2D eigenvalue weighted by molar-refractivity contribution is 5.97. The Morgan fingerprint density at radius 1 is 0.500 bits per heavy atom. The monoisotopic (exact) mass is 678 g/mol. The van der Waals surface area contributed by atoms with Crippen molar-refractivity contribution in [2.75, 3.05) is 28.3 Å². The minimum absolute atomic E-state index is 0.00707. The van der Waals surface area contributed by atoms with E-state index >= 15 is 0 Å². The van der Waals surface area contributed by atoms with Crippen LogP contribution in [0.15, 0.2) is 97.1 Å². The maximum absolute atomic E-state index is 13.1. The Bertz CT molecular complexity index is 1660. The molecule has 4 aromatic carbocycles. The van der Waals surface area contributed by atoms with Crippen molar-refractivity contribution in [1.82, 2.24) is 9.80 Å². The van der Waals surface area contributed by atoms with Crippen LogP contribution in [-0.4, -0.2) is 62.0 Å². The van der Waals surface area contributed by atoms with E-state index in [0.717, 1.165) is 31.4 Å². The second-order valence-electron chi connectivity index (χ2n) is 13.0. The molecule has 8 nitrogen and oxygen atoms in total. The van der Waals surface area contributed by atoms with Gasteiger partial charge in [0.15, 0.2) is 0 Å². The number of methoxy groups -OCH3 is 2. The van der Waals surface area contributed by atoms with Crippen molar-refractivity contribution in [2.24, 2.45) is 0 Å². The van der Waals surface area contributed by atoms with Crippen LogP contribution in [0.25, 0.3) is 0 Å². The van der Waals surface area contributed by atoms with Gasteiger partial charge < -0.3 is 28.7 Å². The minimum atomic E-state index is -0.00707. The Labute approximate surface area is 296 Å². The molecule has 0 saturated heterocycles. The summed E-state index contributed by atoms with van der Waals surface area (Å²) in [5, 5.41) is 0. The smallest absolute Gasteiger partial charge is 0.257 e. The summed E-state index contributed by atoms with van der Waals surface area (Å²) in [7, 11) is 6.99. The number of nitrogens with zero attached hydrogens (tertiary/aromatic N) is 2. The number of ether oxygens (including phenoxy) is 4. The molecule has 2 amide bonds. The summed E-state index contributed by atoms with van der Waals surface area (Å²) in [5.74, 6) is 3.75. The number of rotatable bonds is 10. The van der Waals surface area contributed by atoms with Crippen LogP contribution in [0.2, 0.25) is 0 Å². The van der Waals surface area contributed by atoms with E-state index in [-0.39, 0.29) is 11.8 Å². The molecule has 0 aromatic heterocycles. The number of hydrogen-bond acceptors (Lipinski definition) is 6. The zero-order valence-corrected chi connectivity index (χ0v) is 29.8. The molecule has 6 rings (SSSR count). The molecule has 50 heavy (non-hydrogen) atoms. The van der Waals surface area contributed by atoms with Gasteiger partial charge in [-0.2, -0.15) is 0 Å². The van der Waals surface area contributed by atoms with Gasteiger partial charge in [-0.3, -0.25) is 9.59 Å². The van der Waals surface area contributed by atoms with Gasteiger partial charge in [0.05, 0.1) is 25.3 Å². The Morgan fingerprint density at radius 2 is 0.880 bits per heavy atom. The minimum Gasteiger partial charge on any atom is -0.496 e. The molecule has 0 atom stereocenters. The zero-order valence-electron chi connectivity index (χ0n) is 29.8. The summed E-state index contributed by atoms with van der Waals surface area (Å²) in [6.07, 6.45) is 11.7. The molecular formula is C42H50N2O6. The molecule has 0 bridgehead atoms. The summed E-state index contributed by atoms with van der Waals surface area (Å²) in [4.78, 5) is 29.8. The highest BCUT2D eigenvalue weighted by Gasteiger charge is 2.26. The Kier molecular flexibility index (Phi) is 13.2. The quantitative estimate of drug-likeness (QED) is 0.166. The summed E-state index contributed by atoms with van der Waals surface area (Å²) in [6.45, 7) is 0. The Balaban J connectivity index is 0.000000197. The van der Waals surface area contributed by atoms with Crippen molar-refractivity contribution in [3.8, 4) is 34.5 Å². The average molecular weight is 679 g/mol. The Morgan fingerprint density at radius 3 is 1.32 bits per heavy atom. The van der Waals surface area contributed by atoms with Gasteiger partial charge in [-0.05, 0) is 62.1 Å². The molecule has 2 fully saturated rings. The van der Waals surface area contributed by atoms with E-state index < -0.39 is 0 Å². The summed E-state index contributed by atoms with van der Waals surface area (Å²) in [5.41, 5.74) is 1.19. The molecule has 264 valence electrons. The zero-order chi connectivity index (χ0) is 35.3. The number of hydrogen-bond donors (Lipinski definition) is 0. The predicted molar refractivity (Wildman–Crippen MR) is 197 cm³/mol. The van der Waals surface area contributed by atoms with Crippen LogP contribution in [0.5, 0.6) is 34.5 Å². The normalized spacial score (nSPS) is 14.8. The van der Waals surface area contributed by atoms with E-state index in [2.05, 4.69) is 0 Å². The molecule has 0 aliphatic heterocycles. The topological polar surface area (TPSA) is 77.5 Å². The molecule has 2 aliphatic carbocycles. The predicted octanol–water partition coefficient (Wildman–Crippen LogP) is 9.78. The fourth-order valence-electron chi connectivity index (χ4n) is 6.70. The van der Waals surface area contributed by atoms with Crippen molar-refractivity contribution >= 4 is 11.8 Å². The van der Waals surface area contributed by atoms with Crippen LogP contribution >= 0.6 is 0 Å². The van der Waals surface area contributed by atoms with Gasteiger partial charge in [0, 0.05) is 44.4 Å². The van der Waals surface area contributed by atoms with E-state index in [9.17, 15) is 9.59 Å². The lowest BCUT2D eigenvalue weighted by molar-refractivity contribution is 0.0686. The van der Waals surface area contributed by atoms with Crippen molar-refractivity contribution in [2.45, 2.75) is 76.3 Å². The van der Waals surface area contributed by atoms with E-state index in [4.69, 9.17) is 18.9 Å². The second-order valence-corrected chi connectivity index (χ2v) is 13.0. The van der Waals surface area contributed by atoms with Gasteiger partial charge in [0.1, 0.15) is 34.5 Å². The van der Waals surface area contributed by atoms with Gasteiger partial charge in [0.25, 0.3) is 11.8 Å². The molecule has 0 heterocycles. The summed E-state index contributed by atoms with van der Waals surface area (Å²) in [6, 6.07) is 30.4. The van der Waals surface area contributed by atoms with Gasteiger partial charge >= 0.3 is 0 Å². The van der Waals surface area contributed by atoms with Gasteiger partial charge in [-0.25, -0.2) is 0 Å². The molecule has 0 spiro atoms. The standard InChI is InChI=1S/C22H27NO4.C20H23NO2/c1-23(16-9-5-4-6-10-16)22(24)20-11-7-8-12-21(20)27-19-14-17(25-2)13-18(15-19)26-3;1-21(16-10-4-2-5-11-16)20(22)18-14-8-9-15-19(18)23-17-12-6-3-7-13-17/h7-8,11-16H,4-6,9-10H2,1-3H3;3,6-9,12-16H,2,4-5,10-11H2,1H3. The molecular weight excluding hydrogens is 628 g/mol. The maximum atomic E-state index is 13.1. The first-order valence-corrected chi connectivity index (χ1v) is 17.7. The molecule has 2 aliphatic rings. The third-order valence-corrected chi connectivity index (χ3v) is 9.64. The first-order chi connectivity index (χ1) is 24.4. The second kappa shape index (κ2) is 18.1. The van der Waals surface area contributed by atoms with Crippen LogP contribution in [-0.2, 0) is 0 Å². The molecule has 2 saturated carbocycles. The van der Waals surface area contributed by atoms with Crippen molar-refractivity contribution in [3.63, 3.8) is 0 Å². The van der Waals surface area contributed by atoms with Crippen LogP contribution in [0, 0.1) is 0 Å². The van der Waals surface area contributed by atoms with E-state index in [1.807, 2.05) is 103 Å². The van der Waals surface area contributed by atoms with Gasteiger partial charge in [-0.1, -0.05) is 81.0 Å². The number of para-hydroxylation sites is 3. The summed E-state index contributed by atoms with van der Waals surface area (Å²) >= 11 is 0. The summed E-state index contributed by atoms with van der Waals surface area (Å²) < 4.78 is 22.6. The molecule has 8 heteroatoms. The first-order valence-electron chi connectivity index (χ1n) is 17.7. The number of amides is 2. The Hall–Kier alpha value is -4.98. The lowest BCUT2D eigenvalue weighted by Gasteiger charge is -2.31. The van der Waals surface area contributed by atoms with Crippen LogP contribution < -0.4 is 18.9 Å². The van der Waals surface area contributed by atoms with Crippen molar-refractivity contribution < 1.29 is 28.5 Å². The highest BCUT2D eigenvalue weighted by Crippen LogP contribution is 2.34. The van der Waals surface area contributed by atoms with Crippen molar-refractivity contribution in [3.05, 3.63) is 108 Å². The fourth-order valence-corrected chi connectivity index (χ4v) is 6.70. The van der Waals surface area contributed by atoms with Crippen LogP contribution in [0.1, 0.15) is 84.9 Å². The number of carbonyl (C=O) groups excluding carboxylic acids is 2. The number of benzene rings is 4. The highest BCUT2D eigenvalue weighted by atomic mass is 16.5. The maximum Gasteiger partial charge on any atom is 0.257 e. The molecule has 0 unspecified atom stereocenters. The average Bonchev–Trinajstić information content (AvgIpc) is 3.18. The van der Waals surface area contributed by atoms with Gasteiger partial charge in [-0.15, -0.1) is 0 Å². The molecule has 4 aromatic rings. The van der Waals surface area contributed by atoms with E-state index in [0.29, 0.717) is 52.0 Å². The van der Waals surface area contributed by atoms with Crippen LogP contribution in [0.3, 0.4) is 0 Å². The lowest BCUT2D eigenvalue weighted by Crippen LogP contribution is -2.38. The first kappa shape index (κ1) is 36.3. The van der Waals surface area contributed by atoms with E-state index in [1.165, 1.54) is 38.5 Å². The number of carbonyl (C=O) groups is 2. The third-order valence-electron chi connectivity index (χ3n) is 9.64. The third kappa shape index (κ3) is 9.59. The fraction of sp³-hybridized carbons (Fsp3) is 0.381. The molecule has 0 N–H and O–H groups in total. The van der Waals surface area contributed by atoms with E-state index in [1.54, 1.807) is 32.4 Å². The largest absolute Gasteiger partial charge is 0.496 e.